The molecule has 1 atom stereocenters. The van der Waals surface area contributed by atoms with Crippen LogP contribution in [0.3, 0.4) is 0 Å². The fourth-order valence-electron chi connectivity index (χ4n) is 6.12. The third-order valence-corrected chi connectivity index (χ3v) is 8.49. The van der Waals surface area contributed by atoms with Gasteiger partial charge >= 0.3 is 0 Å². The highest BCUT2D eigenvalue weighted by Crippen LogP contribution is 2.50. The molecule has 1 aliphatic carbocycles. The predicted octanol–water partition coefficient (Wildman–Crippen LogP) is 3.27. The van der Waals surface area contributed by atoms with Crippen molar-refractivity contribution < 1.29 is 13.2 Å². The number of hydrogen-bond donors (Lipinski definition) is 2. The minimum absolute atomic E-state index is 0.0132. The molecule has 2 fully saturated rings. The van der Waals surface area contributed by atoms with E-state index in [9.17, 15) is 13.2 Å². The number of hydrogen-bond acceptors (Lipinski definition) is 4. The van der Waals surface area contributed by atoms with Gasteiger partial charge in [0.2, 0.25) is 15.9 Å². The van der Waals surface area contributed by atoms with Gasteiger partial charge in [-0.15, -0.1) is 0 Å². The fourth-order valence-corrected chi connectivity index (χ4v) is 6.58. The number of sulfonamides is 1. The molecule has 1 unspecified atom stereocenters. The van der Waals surface area contributed by atoms with Crippen molar-refractivity contribution in [1.82, 2.24) is 14.9 Å². The van der Waals surface area contributed by atoms with Gasteiger partial charge < -0.3 is 10.2 Å². The Bertz CT molecular complexity index is 981. The van der Waals surface area contributed by atoms with E-state index in [1.807, 2.05) is 4.90 Å². The summed E-state index contributed by atoms with van der Waals surface area (Å²) in [4.78, 5) is 16.2. The van der Waals surface area contributed by atoms with Crippen LogP contribution in [0.1, 0.15) is 69.5 Å². The lowest BCUT2D eigenvalue weighted by atomic mass is 9.64. The number of carbonyl (C=O) groups is 1. The van der Waals surface area contributed by atoms with Crippen LogP contribution in [0.5, 0.6) is 0 Å². The van der Waals surface area contributed by atoms with Gasteiger partial charge in [0.25, 0.3) is 0 Å². The first-order valence-corrected chi connectivity index (χ1v) is 13.8. The Kier molecular flexibility index (Phi) is 6.80. The maximum absolute atomic E-state index is 14.2. The highest BCUT2D eigenvalue weighted by Gasteiger charge is 2.52. The Morgan fingerprint density at radius 2 is 1.81 bits per heavy atom. The molecular formula is C25H37N3O3S. The molecule has 1 aromatic carbocycles. The van der Waals surface area contributed by atoms with Crippen molar-refractivity contribution in [2.45, 2.75) is 63.8 Å². The van der Waals surface area contributed by atoms with Crippen LogP contribution in [0.25, 0.3) is 0 Å². The number of benzene rings is 1. The van der Waals surface area contributed by atoms with Crippen LogP contribution in [-0.2, 0) is 20.2 Å². The minimum atomic E-state index is -3.30. The lowest BCUT2D eigenvalue weighted by molar-refractivity contribution is -0.144. The number of nitrogens with zero attached hydrogens (tertiary/aromatic N) is 1. The van der Waals surface area contributed by atoms with Crippen LogP contribution >= 0.6 is 0 Å². The summed E-state index contributed by atoms with van der Waals surface area (Å²) in [6.45, 7) is 6.70. The molecule has 32 heavy (non-hydrogen) atoms. The van der Waals surface area contributed by atoms with E-state index in [-0.39, 0.29) is 18.5 Å². The van der Waals surface area contributed by atoms with Crippen LogP contribution in [0.15, 0.2) is 35.4 Å². The molecule has 0 aromatic heterocycles. The summed E-state index contributed by atoms with van der Waals surface area (Å²) in [5, 5.41) is 3.41. The minimum Gasteiger partial charge on any atom is -0.333 e. The average molecular weight is 460 g/mol. The van der Waals surface area contributed by atoms with Crippen molar-refractivity contribution in [3.05, 3.63) is 46.5 Å². The van der Waals surface area contributed by atoms with Crippen molar-refractivity contribution >= 4 is 15.9 Å². The van der Waals surface area contributed by atoms with Gasteiger partial charge in [0.15, 0.2) is 0 Å². The van der Waals surface area contributed by atoms with Crippen molar-refractivity contribution in [2.75, 3.05) is 32.4 Å². The van der Waals surface area contributed by atoms with E-state index in [2.05, 4.69) is 48.2 Å². The number of carbonyl (C=O) groups excluding carboxylic acids is 1. The number of fused-ring (bicyclic) bond motifs is 2. The summed E-state index contributed by atoms with van der Waals surface area (Å²) in [5.41, 5.74) is 4.96. The molecule has 1 saturated heterocycles. The second-order valence-electron chi connectivity index (χ2n) is 9.97. The second kappa shape index (κ2) is 9.27. The molecule has 1 aromatic rings. The summed E-state index contributed by atoms with van der Waals surface area (Å²) in [6, 6.07) is 8.55. The molecule has 7 heteroatoms. The number of rotatable bonds is 5. The van der Waals surface area contributed by atoms with Gasteiger partial charge in [-0.3, -0.25) is 4.79 Å². The Morgan fingerprint density at radius 3 is 2.44 bits per heavy atom. The van der Waals surface area contributed by atoms with E-state index in [0.29, 0.717) is 12.5 Å². The zero-order valence-electron chi connectivity index (χ0n) is 19.6. The fraction of sp³-hybridized carbons (Fsp3) is 0.640. The van der Waals surface area contributed by atoms with Gasteiger partial charge in [-0.05, 0) is 82.5 Å². The van der Waals surface area contributed by atoms with Crippen molar-refractivity contribution in [3.8, 4) is 0 Å². The summed E-state index contributed by atoms with van der Waals surface area (Å²) < 4.78 is 26.0. The number of allylic oxidation sites excluding steroid dienone is 2. The molecule has 2 heterocycles. The topological polar surface area (TPSA) is 78.5 Å². The maximum Gasteiger partial charge on any atom is 0.233 e. The number of amides is 1. The third-order valence-electron chi connectivity index (χ3n) is 7.76. The van der Waals surface area contributed by atoms with Crippen LogP contribution in [0.2, 0.25) is 0 Å². The van der Waals surface area contributed by atoms with Gasteiger partial charge in [-0.2, -0.15) is 0 Å². The smallest absolute Gasteiger partial charge is 0.233 e. The molecule has 4 rings (SSSR count). The molecule has 2 aliphatic heterocycles. The van der Waals surface area contributed by atoms with Crippen LogP contribution < -0.4 is 10.0 Å². The van der Waals surface area contributed by atoms with E-state index in [1.54, 1.807) is 5.57 Å². The monoisotopic (exact) mass is 459 g/mol. The van der Waals surface area contributed by atoms with Crippen LogP contribution in [0.4, 0.5) is 0 Å². The summed E-state index contributed by atoms with van der Waals surface area (Å²) in [7, 11) is -3.30. The maximum atomic E-state index is 14.2. The second-order valence-corrected chi connectivity index (χ2v) is 11.8. The van der Waals surface area contributed by atoms with Gasteiger partial charge in [-0.1, -0.05) is 35.4 Å². The van der Waals surface area contributed by atoms with Crippen molar-refractivity contribution in [1.29, 1.82) is 0 Å². The standard InChI is InChI=1S/C25H37N3O3S/c1-18(2)19-8-10-20(11-9-19)23-21-6-4-5-7-22(21)25(12-14-26-15-13-25)24(29)28(23)17-16-27-32(3,30)31/h4-7,20,23,26-27H,8-17H2,1-3H3. The molecule has 1 spiro atoms. The first-order valence-electron chi connectivity index (χ1n) is 11.9. The molecule has 1 amide bonds. The highest BCUT2D eigenvalue weighted by atomic mass is 32.2. The largest absolute Gasteiger partial charge is 0.333 e. The first kappa shape index (κ1) is 23.5. The van der Waals surface area contributed by atoms with Crippen molar-refractivity contribution in [2.24, 2.45) is 5.92 Å². The molecule has 1 saturated carbocycles. The highest BCUT2D eigenvalue weighted by molar-refractivity contribution is 7.88. The van der Waals surface area contributed by atoms with E-state index in [4.69, 9.17) is 0 Å². The number of nitrogens with one attached hydrogen (secondary N) is 2. The van der Waals surface area contributed by atoms with E-state index >= 15 is 0 Å². The average Bonchev–Trinajstić information content (AvgIpc) is 2.77. The molecule has 2 N–H and O–H groups in total. The van der Waals surface area contributed by atoms with Crippen LogP contribution in [-0.4, -0.2) is 51.7 Å². The Balaban J connectivity index is 1.72. The summed E-state index contributed by atoms with van der Waals surface area (Å²) in [6.07, 6.45) is 7.06. The van der Waals surface area contributed by atoms with Crippen LogP contribution in [0, 0.1) is 5.92 Å². The lowest BCUT2D eigenvalue weighted by Gasteiger charge is -2.51. The molecular weight excluding hydrogens is 422 g/mol. The SMILES string of the molecule is CC(C)=C1CCC(C2c3ccccc3C3(CCNCC3)C(=O)N2CCNS(C)(=O)=O)CC1. The summed E-state index contributed by atoms with van der Waals surface area (Å²) >= 11 is 0. The zero-order chi connectivity index (χ0) is 22.9. The van der Waals surface area contributed by atoms with Gasteiger partial charge in [-0.25, -0.2) is 13.1 Å². The first-order chi connectivity index (χ1) is 15.2. The van der Waals surface area contributed by atoms with Gasteiger partial charge in [0, 0.05) is 13.1 Å². The molecule has 6 nitrogen and oxygen atoms in total. The van der Waals surface area contributed by atoms with Crippen molar-refractivity contribution in [3.63, 3.8) is 0 Å². The lowest BCUT2D eigenvalue weighted by Crippen LogP contribution is -2.58. The Hall–Kier alpha value is -1.70. The van der Waals surface area contributed by atoms with Gasteiger partial charge in [0.1, 0.15) is 0 Å². The van der Waals surface area contributed by atoms with E-state index in [1.165, 1.54) is 23.0 Å². The number of piperidine rings is 1. The molecule has 0 bridgehead atoms. The normalized spacial score (nSPS) is 25.7. The third kappa shape index (κ3) is 4.52. The zero-order valence-corrected chi connectivity index (χ0v) is 20.4. The Labute approximate surface area is 192 Å². The quantitative estimate of drug-likeness (QED) is 0.663. The Morgan fingerprint density at radius 1 is 1.16 bits per heavy atom. The summed E-state index contributed by atoms with van der Waals surface area (Å²) in [5.74, 6) is 0.575. The van der Waals surface area contributed by atoms with E-state index < -0.39 is 15.4 Å². The molecule has 176 valence electrons. The van der Waals surface area contributed by atoms with Gasteiger partial charge in [0.05, 0.1) is 17.7 Å². The van der Waals surface area contributed by atoms with E-state index in [0.717, 1.165) is 51.6 Å². The predicted molar refractivity (Wildman–Crippen MR) is 128 cm³/mol. The molecule has 0 radical (unpaired) electrons. The molecule has 3 aliphatic rings.